The third-order valence-corrected chi connectivity index (χ3v) is 5.10. The van der Waals surface area contributed by atoms with Gasteiger partial charge in [0.15, 0.2) is 13.2 Å². The van der Waals surface area contributed by atoms with Crippen LogP contribution >= 0.6 is 0 Å². The van der Waals surface area contributed by atoms with Crippen LogP contribution in [0.4, 0.5) is 11.4 Å². The second-order valence-corrected chi connectivity index (χ2v) is 7.31. The van der Waals surface area contributed by atoms with E-state index in [-0.39, 0.29) is 31.1 Å². The first-order valence-corrected chi connectivity index (χ1v) is 10.2. The number of nitrogens with zero attached hydrogens (tertiary/aromatic N) is 2. The number of benzene rings is 3. The van der Waals surface area contributed by atoms with Gasteiger partial charge >= 0.3 is 0 Å². The summed E-state index contributed by atoms with van der Waals surface area (Å²) < 4.78 is 11.3. The number of hydrogen-bond donors (Lipinski definition) is 0. The van der Waals surface area contributed by atoms with Gasteiger partial charge < -0.3 is 19.3 Å². The molecule has 0 spiro atoms. The Kier molecular flexibility index (Phi) is 6.17. The predicted molar refractivity (Wildman–Crippen MR) is 120 cm³/mol. The normalized spacial score (nSPS) is 15.2. The third kappa shape index (κ3) is 4.69. The van der Waals surface area contributed by atoms with Crippen LogP contribution in [0.2, 0.25) is 0 Å². The SMILES string of the molecule is CC1CN(C(=O)COc2ccccc2)c2ccccc2N1C(=O)COc1ccccc1. The molecule has 1 aliphatic rings. The number of amides is 2. The van der Waals surface area contributed by atoms with E-state index in [1.807, 2.05) is 91.9 Å². The number of ether oxygens (including phenoxy) is 2. The topological polar surface area (TPSA) is 59.1 Å². The van der Waals surface area contributed by atoms with E-state index in [2.05, 4.69) is 0 Å². The minimum absolute atomic E-state index is 0.0733. The fourth-order valence-corrected chi connectivity index (χ4v) is 3.67. The van der Waals surface area contributed by atoms with Gasteiger partial charge in [0.25, 0.3) is 11.8 Å². The standard InChI is InChI=1S/C25H24N2O4/c1-19-16-26(24(28)17-30-20-10-4-2-5-11-20)22-14-8-9-15-23(22)27(19)25(29)18-31-21-12-6-3-7-13-21/h2-15,19H,16-18H2,1H3. The molecule has 1 heterocycles. The van der Waals surface area contributed by atoms with Gasteiger partial charge in [0.05, 0.1) is 17.4 Å². The monoisotopic (exact) mass is 416 g/mol. The first kappa shape index (κ1) is 20.5. The van der Waals surface area contributed by atoms with Crippen molar-refractivity contribution in [1.29, 1.82) is 0 Å². The van der Waals surface area contributed by atoms with E-state index in [1.165, 1.54) is 0 Å². The van der Waals surface area contributed by atoms with Crippen LogP contribution in [0.25, 0.3) is 0 Å². The van der Waals surface area contributed by atoms with E-state index < -0.39 is 0 Å². The van der Waals surface area contributed by atoms with Gasteiger partial charge in [-0.3, -0.25) is 9.59 Å². The van der Waals surface area contributed by atoms with Gasteiger partial charge in [0, 0.05) is 6.54 Å². The minimum Gasteiger partial charge on any atom is -0.484 e. The molecule has 1 atom stereocenters. The Morgan fingerprint density at radius 2 is 1.23 bits per heavy atom. The Morgan fingerprint density at radius 1 is 0.742 bits per heavy atom. The first-order chi connectivity index (χ1) is 15.1. The Morgan fingerprint density at radius 3 is 1.81 bits per heavy atom. The van der Waals surface area contributed by atoms with Crippen molar-refractivity contribution in [3.8, 4) is 11.5 Å². The molecule has 1 aliphatic heterocycles. The lowest BCUT2D eigenvalue weighted by atomic mass is 10.1. The van der Waals surface area contributed by atoms with E-state index in [0.29, 0.717) is 29.4 Å². The van der Waals surface area contributed by atoms with Crippen LogP contribution in [0, 0.1) is 0 Å². The molecule has 0 radical (unpaired) electrons. The highest BCUT2D eigenvalue weighted by Crippen LogP contribution is 2.35. The van der Waals surface area contributed by atoms with Crippen LogP contribution in [0.3, 0.4) is 0 Å². The van der Waals surface area contributed by atoms with Gasteiger partial charge in [-0.05, 0) is 43.3 Å². The zero-order valence-corrected chi connectivity index (χ0v) is 17.3. The summed E-state index contributed by atoms with van der Waals surface area (Å²) in [5.41, 5.74) is 1.38. The first-order valence-electron chi connectivity index (χ1n) is 10.2. The highest BCUT2D eigenvalue weighted by Gasteiger charge is 2.34. The van der Waals surface area contributed by atoms with Crippen molar-refractivity contribution >= 4 is 23.2 Å². The summed E-state index contributed by atoms with van der Waals surface area (Å²) in [5.74, 6) is 0.972. The van der Waals surface area contributed by atoms with Crippen molar-refractivity contribution in [3.05, 3.63) is 84.9 Å². The van der Waals surface area contributed by atoms with Crippen LogP contribution in [-0.4, -0.2) is 37.6 Å². The lowest BCUT2D eigenvalue weighted by molar-refractivity contribution is -0.122. The lowest BCUT2D eigenvalue weighted by Gasteiger charge is -2.41. The second kappa shape index (κ2) is 9.34. The van der Waals surface area contributed by atoms with Gasteiger partial charge in [-0.15, -0.1) is 0 Å². The lowest BCUT2D eigenvalue weighted by Crippen LogP contribution is -2.53. The van der Waals surface area contributed by atoms with Gasteiger partial charge in [-0.2, -0.15) is 0 Å². The number of rotatable bonds is 6. The summed E-state index contributed by atoms with van der Waals surface area (Å²) in [6.07, 6.45) is 0. The summed E-state index contributed by atoms with van der Waals surface area (Å²) in [4.78, 5) is 29.3. The molecule has 3 aromatic rings. The molecule has 6 heteroatoms. The molecule has 0 bridgehead atoms. The van der Waals surface area contributed by atoms with Crippen molar-refractivity contribution < 1.29 is 19.1 Å². The largest absolute Gasteiger partial charge is 0.484 e. The van der Waals surface area contributed by atoms with Crippen LogP contribution in [0.15, 0.2) is 84.9 Å². The minimum atomic E-state index is -0.206. The Hall–Kier alpha value is -3.80. The second-order valence-electron chi connectivity index (χ2n) is 7.31. The zero-order chi connectivity index (χ0) is 21.6. The van der Waals surface area contributed by atoms with E-state index in [4.69, 9.17) is 9.47 Å². The average molecular weight is 416 g/mol. The zero-order valence-electron chi connectivity index (χ0n) is 17.3. The number of carbonyl (C=O) groups is 2. The molecule has 1 unspecified atom stereocenters. The molecule has 31 heavy (non-hydrogen) atoms. The number of para-hydroxylation sites is 4. The van der Waals surface area contributed by atoms with Crippen LogP contribution < -0.4 is 19.3 Å². The predicted octanol–water partition coefficient (Wildman–Crippen LogP) is 3.91. The molecule has 0 saturated carbocycles. The Labute approximate surface area is 181 Å². The van der Waals surface area contributed by atoms with Crippen molar-refractivity contribution in [2.24, 2.45) is 0 Å². The maximum Gasteiger partial charge on any atom is 0.265 e. The van der Waals surface area contributed by atoms with Crippen molar-refractivity contribution in [1.82, 2.24) is 0 Å². The van der Waals surface area contributed by atoms with Gasteiger partial charge in [-0.25, -0.2) is 0 Å². The molecular weight excluding hydrogens is 392 g/mol. The van der Waals surface area contributed by atoms with Gasteiger partial charge in [0.2, 0.25) is 0 Å². The van der Waals surface area contributed by atoms with E-state index in [1.54, 1.807) is 9.80 Å². The smallest absolute Gasteiger partial charge is 0.265 e. The molecule has 0 saturated heterocycles. The fourth-order valence-electron chi connectivity index (χ4n) is 3.67. The molecule has 158 valence electrons. The van der Waals surface area contributed by atoms with Crippen LogP contribution in [-0.2, 0) is 9.59 Å². The van der Waals surface area contributed by atoms with E-state index in [0.717, 1.165) is 0 Å². The summed E-state index contributed by atoms with van der Waals surface area (Å²) in [5, 5.41) is 0. The number of anilines is 2. The summed E-state index contributed by atoms with van der Waals surface area (Å²) >= 11 is 0. The third-order valence-electron chi connectivity index (χ3n) is 5.10. The molecule has 3 aromatic carbocycles. The van der Waals surface area contributed by atoms with Crippen molar-refractivity contribution in [2.45, 2.75) is 13.0 Å². The number of hydrogen-bond acceptors (Lipinski definition) is 4. The van der Waals surface area contributed by atoms with E-state index in [9.17, 15) is 9.59 Å². The molecule has 0 aromatic heterocycles. The van der Waals surface area contributed by atoms with Gasteiger partial charge in [-0.1, -0.05) is 48.5 Å². The maximum atomic E-state index is 13.0. The number of carbonyl (C=O) groups excluding carboxylic acids is 2. The highest BCUT2D eigenvalue weighted by atomic mass is 16.5. The van der Waals surface area contributed by atoms with Gasteiger partial charge in [0.1, 0.15) is 11.5 Å². The van der Waals surface area contributed by atoms with Crippen molar-refractivity contribution in [3.63, 3.8) is 0 Å². The maximum absolute atomic E-state index is 13.0. The Bertz CT molecular complexity index is 1040. The van der Waals surface area contributed by atoms with Crippen LogP contribution in [0.1, 0.15) is 6.92 Å². The molecule has 4 rings (SSSR count). The summed E-state index contributed by atoms with van der Waals surface area (Å²) in [6.45, 7) is 2.16. The molecule has 6 nitrogen and oxygen atoms in total. The molecule has 0 N–H and O–H groups in total. The molecule has 2 amide bonds. The number of fused-ring (bicyclic) bond motifs is 1. The molecular formula is C25H24N2O4. The average Bonchev–Trinajstić information content (AvgIpc) is 2.82. The quantitative estimate of drug-likeness (QED) is 0.611. The molecule has 0 fully saturated rings. The fraction of sp³-hybridized carbons (Fsp3) is 0.200. The highest BCUT2D eigenvalue weighted by molar-refractivity contribution is 6.05. The van der Waals surface area contributed by atoms with E-state index >= 15 is 0 Å². The van der Waals surface area contributed by atoms with Crippen LogP contribution in [0.5, 0.6) is 11.5 Å². The summed E-state index contributed by atoms with van der Waals surface area (Å²) in [6, 6.07) is 25.7. The Balaban J connectivity index is 1.49. The summed E-state index contributed by atoms with van der Waals surface area (Å²) in [7, 11) is 0. The molecule has 0 aliphatic carbocycles. The van der Waals surface area contributed by atoms with Crippen molar-refractivity contribution in [2.75, 3.05) is 29.6 Å².